The highest BCUT2D eigenvalue weighted by Gasteiger charge is 2.20. The van der Waals surface area contributed by atoms with E-state index in [2.05, 4.69) is 21.2 Å². The van der Waals surface area contributed by atoms with Gasteiger partial charge < -0.3 is 5.32 Å². The highest BCUT2D eigenvalue weighted by molar-refractivity contribution is 9.10. The fourth-order valence-electron chi connectivity index (χ4n) is 2.06. The topological polar surface area (TPSA) is 12.0 Å². The second kappa shape index (κ2) is 6.90. The molecule has 0 saturated carbocycles. The van der Waals surface area contributed by atoms with Crippen molar-refractivity contribution < 1.29 is 4.39 Å². The molecular weight excluding hydrogens is 364 g/mol. The van der Waals surface area contributed by atoms with Gasteiger partial charge in [-0.3, -0.25) is 0 Å². The van der Waals surface area contributed by atoms with Crippen molar-refractivity contribution in [3.05, 3.63) is 67.9 Å². The monoisotopic (exact) mass is 375 g/mol. The average Bonchev–Trinajstić information content (AvgIpc) is 2.43. The molecule has 5 heteroatoms. The second-order valence-electron chi connectivity index (χ2n) is 4.31. The van der Waals surface area contributed by atoms with Crippen molar-refractivity contribution >= 4 is 39.1 Å². The number of hydrogen-bond acceptors (Lipinski definition) is 1. The third kappa shape index (κ3) is 3.34. The van der Waals surface area contributed by atoms with E-state index in [1.54, 1.807) is 18.2 Å². The van der Waals surface area contributed by atoms with Crippen LogP contribution in [0.5, 0.6) is 0 Å². The molecule has 20 heavy (non-hydrogen) atoms. The average molecular weight is 377 g/mol. The Kier molecular flexibility index (Phi) is 5.44. The Balaban J connectivity index is 2.51. The van der Waals surface area contributed by atoms with Crippen LogP contribution in [0.3, 0.4) is 0 Å². The molecule has 0 heterocycles. The molecule has 0 aliphatic heterocycles. The molecule has 0 spiro atoms. The van der Waals surface area contributed by atoms with Crippen molar-refractivity contribution in [1.82, 2.24) is 5.32 Å². The Morgan fingerprint density at radius 2 is 2.00 bits per heavy atom. The molecule has 2 aromatic carbocycles. The van der Waals surface area contributed by atoms with Crippen LogP contribution in [-0.2, 0) is 0 Å². The Labute approximate surface area is 136 Å². The molecule has 1 nitrogen and oxygen atoms in total. The zero-order valence-electron chi connectivity index (χ0n) is 10.8. The van der Waals surface area contributed by atoms with Gasteiger partial charge in [0.2, 0.25) is 0 Å². The van der Waals surface area contributed by atoms with E-state index in [9.17, 15) is 4.39 Å². The quantitative estimate of drug-likeness (QED) is 0.685. The van der Waals surface area contributed by atoms with Crippen LogP contribution in [0.2, 0.25) is 10.0 Å². The van der Waals surface area contributed by atoms with Gasteiger partial charge in [0, 0.05) is 15.1 Å². The first-order valence-electron chi connectivity index (χ1n) is 6.16. The summed E-state index contributed by atoms with van der Waals surface area (Å²) in [5.41, 5.74) is 1.40. The SMILES string of the molecule is CCNC(c1cccc(Cl)c1)c1ccc(Br)c(Cl)c1F. The molecule has 1 unspecified atom stereocenters. The summed E-state index contributed by atoms with van der Waals surface area (Å²) in [6.45, 7) is 2.67. The predicted molar refractivity (Wildman–Crippen MR) is 86.1 cm³/mol. The van der Waals surface area contributed by atoms with Crippen LogP contribution in [-0.4, -0.2) is 6.54 Å². The predicted octanol–water partition coefficient (Wildman–Crippen LogP) is 5.59. The van der Waals surface area contributed by atoms with Gasteiger partial charge in [0.1, 0.15) is 5.82 Å². The van der Waals surface area contributed by atoms with Crippen LogP contribution >= 0.6 is 39.1 Å². The second-order valence-corrected chi connectivity index (χ2v) is 5.98. The van der Waals surface area contributed by atoms with Gasteiger partial charge in [0.05, 0.1) is 11.1 Å². The molecule has 0 aliphatic carbocycles. The van der Waals surface area contributed by atoms with E-state index in [0.29, 0.717) is 21.6 Å². The fraction of sp³-hybridized carbons (Fsp3) is 0.200. The summed E-state index contributed by atoms with van der Waals surface area (Å²) < 4.78 is 14.9. The van der Waals surface area contributed by atoms with Crippen molar-refractivity contribution in [2.45, 2.75) is 13.0 Å². The van der Waals surface area contributed by atoms with E-state index in [0.717, 1.165) is 5.56 Å². The van der Waals surface area contributed by atoms with Gasteiger partial charge >= 0.3 is 0 Å². The normalized spacial score (nSPS) is 12.4. The highest BCUT2D eigenvalue weighted by atomic mass is 79.9. The molecule has 2 aromatic rings. The van der Waals surface area contributed by atoms with E-state index < -0.39 is 5.82 Å². The minimum Gasteiger partial charge on any atom is -0.306 e. The lowest BCUT2D eigenvalue weighted by Crippen LogP contribution is -2.23. The third-order valence-electron chi connectivity index (χ3n) is 2.97. The number of hydrogen-bond donors (Lipinski definition) is 1. The van der Waals surface area contributed by atoms with E-state index >= 15 is 0 Å². The van der Waals surface area contributed by atoms with Gasteiger partial charge in [0.15, 0.2) is 0 Å². The summed E-state index contributed by atoms with van der Waals surface area (Å²) in [6, 6.07) is 10.6. The van der Waals surface area contributed by atoms with Gasteiger partial charge in [-0.15, -0.1) is 0 Å². The number of nitrogens with one attached hydrogen (secondary N) is 1. The molecule has 0 fully saturated rings. The first kappa shape index (κ1) is 15.8. The molecule has 0 radical (unpaired) electrons. The first-order chi connectivity index (χ1) is 9.54. The van der Waals surface area contributed by atoms with Crippen molar-refractivity contribution in [3.8, 4) is 0 Å². The largest absolute Gasteiger partial charge is 0.306 e. The molecule has 106 valence electrons. The minimum atomic E-state index is -0.424. The standard InChI is InChI=1S/C15H13BrCl2FN/c1-2-20-15(9-4-3-5-10(17)8-9)11-6-7-12(16)13(18)14(11)19/h3-8,15,20H,2H2,1H3. The highest BCUT2D eigenvalue weighted by Crippen LogP contribution is 2.33. The van der Waals surface area contributed by atoms with Crippen LogP contribution in [0.25, 0.3) is 0 Å². The van der Waals surface area contributed by atoms with Crippen LogP contribution in [0.1, 0.15) is 24.1 Å². The molecule has 0 aromatic heterocycles. The molecule has 0 saturated heterocycles. The molecule has 2 rings (SSSR count). The summed E-state index contributed by atoms with van der Waals surface area (Å²) in [5, 5.41) is 3.97. The van der Waals surface area contributed by atoms with Crippen LogP contribution in [0.15, 0.2) is 40.9 Å². The zero-order chi connectivity index (χ0) is 14.7. The summed E-state index contributed by atoms with van der Waals surface area (Å²) in [5.74, 6) is -0.424. The Morgan fingerprint density at radius 3 is 2.65 bits per heavy atom. The number of halogens is 4. The van der Waals surface area contributed by atoms with Gasteiger partial charge in [-0.05, 0) is 46.2 Å². The Hall–Kier alpha value is -0.610. The lowest BCUT2D eigenvalue weighted by molar-refractivity contribution is 0.559. The van der Waals surface area contributed by atoms with Crippen LogP contribution < -0.4 is 5.32 Å². The molecular formula is C15H13BrCl2FN. The fourth-order valence-corrected chi connectivity index (χ4v) is 2.74. The smallest absolute Gasteiger partial charge is 0.148 e. The molecule has 1 atom stereocenters. The Morgan fingerprint density at radius 1 is 1.25 bits per heavy atom. The molecule has 0 aliphatic rings. The van der Waals surface area contributed by atoms with Crippen molar-refractivity contribution in [2.24, 2.45) is 0 Å². The Bertz CT molecular complexity index is 619. The maximum atomic E-state index is 14.4. The summed E-state index contributed by atoms with van der Waals surface area (Å²) in [7, 11) is 0. The number of benzene rings is 2. The zero-order valence-corrected chi connectivity index (χ0v) is 13.9. The lowest BCUT2D eigenvalue weighted by Gasteiger charge is -2.20. The summed E-state index contributed by atoms with van der Waals surface area (Å²) in [4.78, 5) is 0. The minimum absolute atomic E-state index is 0.0902. The lowest BCUT2D eigenvalue weighted by atomic mass is 9.98. The van der Waals surface area contributed by atoms with E-state index in [-0.39, 0.29) is 11.1 Å². The van der Waals surface area contributed by atoms with Crippen molar-refractivity contribution in [1.29, 1.82) is 0 Å². The maximum absolute atomic E-state index is 14.4. The van der Waals surface area contributed by atoms with Gasteiger partial charge in [-0.1, -0.05) is 48.3 Å². The van der Waals surface area contributed by atoms with Crippen LogP contribution in [0.4, 0.5) is 4.39 Å². The summed E-state index contributed by atoms with van der Waals surface area (Å²) in [6.07, 6.45) is 0. The van der Waals surface area contributed by atoms with Gasteiger partial charge in [0.25, 0.3) is 0 Å². The summed E-state index contributed by atoms with van der Waals surface area (Å²) >= 11 is 15.2. The van der Waals surface area contributed by atoms with E-state index in [1.807, 2.05) is 25.1 Å². The van der Waals surface area contributed by atoms with Crippen molar-refractivity contribution in [2.75, 3.05) is 6.54 Å². The van der Waals surface area contributed by atoms with Gasteiger partial charge in [-0.25, -0.2) is 4.39 Å². The third-order valence-corrected chi connectivity index (χ3v) is 4.46. The number of rotatable bonds is 4. The molecule has 0 amide bonds. The maximum Gasteiger partial charge on any atom is 0.148 e. The van der Waals surface area contributed by atoms with E-state index in [4.69, 9.17) is 23.2 Å². The van der Waals surface area contributed by atoms with Crippen LogP contribution in [0, 0.1) is 5.82 Å². The molecule has 0 bridgehead atoms. The van der Waals surface area contributed by atoms with Gasteiger partial charge in [-0.2, -0.15) is 0 Å². The van der Waals surface area contributed by atoms with E-state index in [1.165, 1.54) is 0 Å². The first-order valence-corrected chi connectivity index (χ1v) is 7.71. The molecule has 1 N–H and O–H groups in total. The van der Waals surface area contributed by atoms with Crippen molar-refractivity contribution in [3.63, 3.8) is 0 Å².